The van der Waals surface area contributed by atoms with E-state index in [2.05, 4.69) is 6.92 Å². The van der Waals surface area contributed by atoms with Crippen LogP contribution in [0.2, 0.25) is 0 Å². The van der Waals surface area contributed by atoms with E-state index in [0.29, 0.717) is 24.2 Å². The molecule has 0 bridgehead atoms. The van der Waals surface area contributed by atoms with E-state index in [0.717, 1.165) is 6.42 Å². The van der Waals surface area contributed by atoms with Gasteiger partial charge in [0.15, 0.2) is 0 Å². The van der Waals surface area contributed by atoms with Gasteiger partial charge in [-0.2, -0.15) is 0 Å². The molecule has 0 radical (unpaired) electrons. The van der Waals surface area contributed by atoms with Crippen molar-refractivity contribution in [1.29, 1.82) is 0 Å². The highest BCUT2D eigenvalue weighted by molar-refractivity contribution is 7.47. The standard InChI is InChI=1S/C27H56NO6P/c1-5-6-7-8-9-10-11-12-13-14-15-16-17-18-19-20-26-23-32-27(24-31-26)25-34-35(29,30)33-22-21-28(2,3)4/h26-27H,5-25H2,1-4H3/p+1/t26-,27+/m0/s1. The van der Waals surface area contributed by atoms with Gasteiger partial charge in [-0.25, -0.2) is 4.57 Å². The zero-order valence-corrected chi connectivity index (χ0v) is 24.3. The fourth-order valence-electron chi connectivity index (χ4n) is 4.23. The summed E-state index contributed by atoms with van der Waals surface area (Å²) in [6.45, 7) is 3.98. The second-order valence-electron chi connectivity index (χ2n) is 11.3. The van der Waals surface area contributed by atoms with Crippen LogP contribution >= 0.6 is 7.82 Å². The van der Waals surface area contributed by atoms with Crippen LogP contribution in [0.25, 0.3) is 0 Å². The van der Waals surface area contributed by atoms with Crippen LogP contribution in [0.1, 0.15) is 110 Å². The average molecular weight is 523 g/mol. The third-order valence-electron chi connectivity index (χ3n) is 6.61. The SMILES string of the molecule is CCCCCCCCCCCCCCCCC[C@H]1CO[C@@H](COP(=O)(O)OCC[N+](C)(C)C)CO1. The number of ether oxygens (including phenoxy) is 2. The van der Waals surface area contributed by atoms with Crippen molar-refractivity contribution in [2.75, 3.05) is 54.1 Å². The van der Waals surface area contributed by atoms with E-state index in [1.165, 1.54) is 96.3 Å². The third-order valence-corrected chi connectivity index (χ3v) is 7.59. The van der Waals surface area contributed by atoms with Crippen LogP contribution in [0, 0.1) is 0 Å². The lowest BCUT2D eigenvalue weighted by Gasteiger charge is -2.30. The van der Waals surface area contributed by atoms with Gasteiger partial charge in [-0.05, 0) is 6.42 Å². The van der Waals surface area contributed by atoms with Crippen molar-refractivity contribution < 1.29 is 32.5 Å². The third kappa shape index (κ3) is 20.7. The molecule has 0 spiro atoms. The maximum absolute atomic E-state index is 12.0. The maximum atomic E-state index is 12.0. The molecular formula is C27H57NO6P+. The van der Waals surface area contributed by atoms with Crippen LogP contribution in [-0.2, 0) is 23.1 Å². The van der Waals surface area contributed by atoms with Crippen molar-refractivity contribution in [2.45, 2.75) is 122 Å². The van der Waals surface area contributed by atoms with Gasteiger partial charge in [0.1, 0.15) is 19.3 Å². The van der Waals surface area contributed by atoms with Crippen LogP contribution < -0.4 is 0 Å². The molecule has 0 amide bonds. The molecule has 0 aliphatic carbocycles. The molecule has 1 N–H and O–H groups in total. The fraction of sp³-hybridized carbons (Fsp3) is 1.00. The summed E-state index contributed by atoms with van der Waals surface area (Å²) in [6, 6.07) is 0. The first-order chi connectivity index (χ1) is 16.7. The topological polar surface area (TPSA) is 74.2 Å². The minimum Gasteiger partial charge on any atom is -0.373 e. The molecule has 1 fully saturated rings. The van der Waals surface area contributed by atoms with Crippen LogP contribution in [0.5, 0.6) is 0 Å². The van der Waals surface area contributed by atoms with Gasteiger partial charge in [-0.3, -0.25) is 9.05 Å². The molecule has 1 aliphatic heterocycles. The van der Waals surface area contributed by atoms with Gasteiger partial charge in [-0.1, -0.05) is 103 Å². The van der Waals surface area contributed by atoms with Crippen LogP contribution in [0.4, 0.5) is 0 Å². The van der Waals surface area contributed by atoms with Crippen LogP contribution in [-0.4, -0.2) is 75.7 Å². The summed E-state index contributed by atoms with van der Waals surface area (Å²) in [5.41, 5.74) is 0. The summed E-state index contributed by atoms with van der Waals surface area (Å²) >= 11 is 0. The summed E-state index contributed by atoms with van der Waals surface area (Å²) in [7, 11) is 1.93. The van der Waals surface area contributed by atoms with E-state index in [9.17, 15) is 9.46 Å². The number of phosphoric ester groups is 1. The Labute approximate surface area is 216 Å². The predicted octanol–water partition coefficient (Wildman–Crippen LogP) is 6.87. The monoisotopic (exact) mass is 522 g/mol. The van der Waals surface area contributed by atoms with E-state index in [-0.39, 0.29) is 25.4 Å². The number of rotatable bonds is 23. The predicted molar refractivity (Wildman–Crippen MR) is 144 cm³/mol. The zero-order chi connectivity index (χ0) is 25.8. The number of quaternary nitrogens is 1. The number of hydrogen-bond acceptors (Lipinski definition) is 5. The number of hydrogen-bond donors (Lipinski definition) is 1. The highest BCUT2D eigenvalue weighted by Crippen LogP contribution is 2.43. The number of unbranched alkanes of at least 4 members (excludes halogenated alkanes) is 14. The largest absolute Gasteiger partial charge is 0.472 e. The molecule has 1 unspecified atom stereocenters. The molecule has 0 aromatic carbocycles. The van der Waals surface area contributed by atoms with Gasteiger partial charge in [0.05, 0.1) is 47.1 Å². The lowest BCUT2D eigenvalue weighted by Crippen LogP contribution is -2.38. The minimum absolute atomic E-state index is 0.00380. The number of likely N-dealkylation sites (N-methyl/N-ethyl adjacent to an activating group) is 1. The smallest absolute Gasteiger partial charge is 0.373 e. The highest BCUT2D eigenvalue weighted by atomic mass is 31.2. The van der Waals surface area contributed by atoms with Crippen molar-refractivity contribution in [3.63, 3.8) is 0 Å². The quantitative estimate of drug-likeness (QED) is 0.0896. The molecule has 8 heteroatoms. The normalized spacial score (nSPS) is 20.7. The number of phosphoric acid groups is 1. The Morgan fingerprint density at radius 3 is 1.66 bits per heavy atom. The van der Waals surface area contributed by atoms with E-state index in [1.54, 1.807) is 0 Å². The molecular weight excluding hydrogens is 465 g/mol. The van der Waals surface area contributed by atoms with Gasteiger partial charge in [0.25, 0.3) is 0 Å². The lowest BCUT2D eigenvalue weighted by molar-refractivity contribution is -0.870. The lowest BCUT2D eigenvalue weighted by atomic mass is 10.0. The van der Waals surface area contributed by atoms with Crippen molar-refractivity contribution in [2.24, 2.45) is 0 Å². The molecule has 210 valence electrons. The summed E-state index contributed by atoms with van der Waals surface area (Å²) in [6.07, 6.45) is 21.3. The molecule has 1 heterocycles. The Balaban J connectivity index is 1.89. The molecule has 0 aromatic heterocycles. The van der Waals surface area contributed by atoms with Crippen LogP contribution in [0.15, 0.2) is 0 Å². The second kappa shape index (κ2) is 20.0. The fourth-order valence-corrected chi connectivity index (χ4v) is 4.98. The van der Waals surface area contributed by atoms with E-state index in [4.69, 9.17) is 18.5 Å². The Morgan fingerprint density at radius 1 is 0.743 bits per heavy atom. The van der Waals surface area contributed by atoms with E-state index < -0.39 is 7.82 Å². The second-order valence-corrected chi connectivity index (χ2v) is 12.7. The van der Waals surface area contributed by atoms with Gasteiger partial charge in [0.2, 0.25) is 0 Å². The van der Waals surface area contributed by atoms with E-state index >= 15 is 0 Å². The summed E-state index contributed by atoms with van der Waals surface area (Å²) in [5.74, 6) is 0. The summed E-state index contributed by atoms with van der Waals surface area (Å²) in [5, 5.41) is 0. The average Bonchev–Trinajstić information content (AvgIpc) is 2.80. The Kier molecular flexibility index (Phi) is 18.9. The zero-order valence-electron chi connectivity index (χ0n) is 23.4. The van der Waals surface area contributed by atoms with Crippen molar-refractivity contribution in [1.82, 2.24) is 0 Å². The molecule has 35 heavy (non-hydrogen) atoms. The van der Waals surface area contributed by atoms with Crippen LogP contribution in [0.3, 0.4) is 0 Å². The first-order valence-electron chi connectivity index (χ1n) is 14.4. The summed E-state index contributed by atoms with van der Waals surface area (Å²) in [4.78, 5) is 9.80. The maximum Gasteiger partial charge on any atom is 0.472 e. The Morgan fingerprint density at radius 2 is 1.20 bits per heavy atom. The van der Waals surface area contributed by atoms with E-state index in [1.807, 2.05) is 21.1 Å². The van der Waals surface area contributed by atoms with Crippen molar-refractivity contribution >= 4 is 7.82 Å². The van der Waals surface area contributed by atoms with Gasteiger partial charge in [0, 0.05) is 0 Å². The van der Waals surface area contributed by atoms with Gasteiger partial charge >= 0.3 is 7.82 Å². The first kappa shape index (κ1) is 33.0. The Bertz CT molecular complexity index is 534. The summed E-state index contributed by atoms with van der Waals surface area (Å²) < 4.78 is 34.4. The molecule has 1 rings (SSSR count). The van der Waals surface area contributed by atoms with Gasteiger partial charge in [-0.15, -0.1) is 0 Å². The number of nitrogens with zero attached hydrogens (tertiary/aromatic N) is 1. The molecule has 0 saturated carbocycles. The molecule has 3 atom stereocenters. The molecule has 7 nitrogen and oxygen atoms in total. The Hall–Kier alpha value is -0.0100. The van der Waals surface area contributed by atoms with Crippen molar-refractivity contribution in [3.05, 3.63) is 0 Å². The molecule has 0 aromatic rings. The molecule has 1 aliphatic rings. The first-order valence-corrected chi connectivity index (χ1v) is 15.9. The van der Waals surface area contributed by atoms with Gasteiger partial charge < -0.3 is 18.9 Å². The minimum atomic E-state index is -4.05. The molecule has 1 saturated heterocycles. The highest BCUT2D eigenvalue weighted by Gasteiger charge is 2.28. The van der Waals surface area contributed by atoms with Crippen molar-refractivity contribution in [3.8, 4) is 0 Å².